The standard InChI is InChI=1S/C32H39BrN2O5/c1-37-31-17-18-35(21-25-15-13-24(20-33)14-16-25)29(27-11-7-4-8-12-27)23-40-32(38-2)19-30(36)34-28(22-39-31)26-9-5-3-6-10-26/h3-16,28-29,31-32H,17-23H2,1-2H3,(H,34,36)/t28-,29-,31-,32+/m0/s1. The first-order valence-corrected chi connectivity index (χ1v) is 14.8. The van der Waals surface area contributed by atoms with Crippen LogP contribution in [0.5, 0.6) is 0 Å². The average Bonchev–Trinajstić information content (AvgIpc) is 3.00. The SMILES string of the molecule is CO[C@H]1CC(=O)N[C@H](c2ccccc2)CO[C@H](OC)CCN(Cc2ccc(CBr)cc2)[C@H](c2ccccc2)CO1. The van der Waals surface area contributed by atoms with Crippen LogP contribution in [0.15, 0.2) is 84.9 Å². The summed E-state index contributed by atoms with van der Waals surface area (Å²) in [6, 6.07) is 28.4. The highest BCUT2D eigenvalue weighted by Gasteiger charge is 2.27. The fourth-order valence-corrected chi connectivity index (χ4v) is 5.24. The summed E-state index contributed by atoms with van der Waals surface area (Å²) in [6.07, 6.45) is -0.405. The number of halogens is 1. The third-order valence-electron chi connectivity index (χ3n) is 7.14. The van der Waals surface area contributed by atoms with Gasteiger partial charge in [-0.3, -0.25) is 9.69 Å². The Hall–Kier alpha value is -2.59. The molecule has 0 spiro atoms. The molecule has 1 heterocycles. The van der Waals surface area contributed by atoms with Gasteiger partial charge in [0.2, 0.25) is 5.91 Å². The summed E-state index contributed by atoms with van der Waals surface area (Å²) in [5, 5.41) is 3.92. The molecule has 8 heteroatoms. The van der Waals surface area contributed by atoms with Crippen LogP contribution < -0.4 is 5.32 Å². The van der Waals surface area contributed by atoms with Crippen molar-refractivity contribution < 1.29 is 23.7 Å². The lowest BCUT2D eigenvalue weighted by molar-refractivity contribution is -0.161. The number of alkyl halides is 1. The zero-order valence-corrected chi connectivity index (χ0v) is 24.8. The van der Waals surface area contributed by atoms with Gasteiger partial charge in [0, 0.05) is 39.1 Å². The number of hydrogen-bond donors (Lipinski definition) is 1. The van der Waals surface area contributed by atoms with Crippen molar-refractivity contribution in [2.45, 2.75) is 49.4 Å². The largest absolute Gasteiger partial charge is 0.356 e. The predicted octanol–water partition coefficient (Wildman–Crippen LogP) is 5.75. The number of methoxy groups -OCH3 is 2. The quantitative estimate of drug-likeness (QED) is 0.343. The molecule has 1 amide bonds. The molecule has 0 aromatic heterocycles. The Morgan fingerprint density at radius 1 is 0.825 bits per heavy atom. The van der Waals surface area contributed by atoms with Crippen molar-refractivity contribution in [3.63, 3.8) is 0 Å². The summed E-state index contributed by atoms with van der Waals surface area (Å²) in [7, 11) is 3.23. The highest BCUT2D eigenvalue weighted by molar-refractivity contribution is 9.08. The maximum Gasteiger partial charge on any atom is 0.225 e. The smallest absolute Gasteiger partial charge is 0.225 e. The first-order chi connectivity index (χ1) is 19.6. The van der Waals surface area contributed by atoms with Crippen molar-refractivity contribution in [2.24, 2.45) is 0 Å². The van der Waals surface area contributed by atoms with Crippen LogP contribution in [0.3, 0.4) is 0 Å². The normalized spacial score (nSPS) is 23.7. The van der Waals surface area contributed by atoms with Gasteiger partial charge < -0.3 is 24.3 Å². The van der Waals surface area contributed by atoms with Crippen molar-refractivity contribution in [3.05, 3.63) is 107 Å². The van der Waals surface area contributed by atoms with Gasteiger partial charge in [-0.15, -0.1) is 0 Å². The molecule has 1 fully saturated rings. The van der Waals surface area contributed by atoms with E-state index in [9.17, 15) is 4.79 Å². The fourth-order valence-electron chi connectivity index (χ4n) is 4.86. The molecule has 0 bridgehead atoms. The molecule has 1 N–H and O–H groups in total. The van der Waals surface area contributed by atoms with Gasteiger partial charge in [-0.25, -0.2) is 0 Å². The molecule has 7 nitrogen and oxygen atoms in total. The monoisotopic (exact) mass is 610 g/mol. The van der Waals surface area contributed by atoms with Gasteiger partial charge in [-0.1, -0.05) is 101 Å². The second kappa shape index (κ2) is 16.0. The van der Waals surface area contributed by atoms with Gasteiger partial charge in [0.15, 0.2) is 12.6 Å². The van der Waals surface area contributed by atoms with Crippen LogP contribution in [0.2, 0.25) is 0 Å². The van der Waals surface area contributed by atoms with E-state index < -0.39 is 12.6 Å². The second-order valence-corrected chi connectivity index (χ2v) is 10.4. The summed E-state index contributed by atoms with van der Waals surface area (Å²) < 4.78 is 23.9. The third kappa shape index (κ3) is 8.96. The molecule has 0 aliphatic carbocycles. The lowest BCUT2D eigenvalue weighted by Crippen LogP contribution is -2.39. The lowest BCUT2D eigenvalue weighted by atomic mass is 10.0. The van der Waals surface area contributed by atoms with Crippen LogP contribution in [0.1, 0.15) is 47.2 Å². The molecule has 40 heavy (non-hydrogen) atoms. The molecule has 0 saturated carbocycles. The van der Waals surface area contributed by atoms with Crippen LogP contribution in [0.25, 0.3) is 0 Å². The molecule has 0 unspecified atom stereocenters. The Bertz CT molecular complexity index is 1150. The van der Waals surface area contributed by atoms with Crippen LogP contribution in [0.4, 0.5) is 0 Å². The predicted molar refractivity (Wildman–Crippen MR) is 159 cm³/mol. The van der Waals surface area contributed by atoms with Crippen molar-refractivity contribution >= 4 is 21.8 Å². The summed E-state index contributed by atoms with van der Waals surface area (Å²) in [5.41, 5.74) is 4.53. The first kappa shape index (κ1) is 30.4. The van der Waals surface area contributed by atoms with E-state index >= 15 is 0 Å². The summed E-state index contributed by atoms with van der Waals surface area (Å²) in [6.45, 7) is 2.06. The number of nitrogens with zero attached hydrogens (tertiary/aromatic N) is 1. The third-order valence-corrected chi connectivity index (χ3v) is 7.79. The van der Waals surface area contributed by atoms with Gasteiger partial charge in [-0.2, -0.15) is 0 Å². The molecule has 3 aromatic rings. The molecule has 4 rings (SSSR count). The van der Waals surface area contributed by atoms with Gasteiger partial charge in [0.05, 0.1) is 31.7 Å². The molecule has 1 aliphatic rings. The number of ether oxygens (including phenoxy) is 4. The van der Waals surface area contributed by atoms with Gasteiger partial charge >= 0.3 is 0 Å². The Balaban J connectivity index is 1.62. The molecule has 3 aromatic carbocycles. The number of rotatable bonds is 7. The number of carbonyl (C=O) groups excluding carboxylic acids is 1. The van der Waals surface area contributed by atoms with Crippen LogP contribution in [-0.2, 0) is 35.6 Å². The minimum atomic E-state index is -0.682. The van der Waals surface area contributed by atoms with E-state index in [2.05, 4.69) is 62.5 Å². The zero-order chi connectivity index (χ0) is 28.2. The minimum absolute atomic E-state index is 0.0725. The number of amides is 1. The topological polar surface area (TPSA) is 69.3 Å². The van der Waals surface area contributed by atoms with Crippen LogP contribution >= 0.6 is 15.9 Å². The maximum absolute atomic E-state index is 13.1. The van der Waals surface area contributed by atoms with E-state index in [0.29, 0.717) is 26.1 Å². The van der Waals surface area contributed by atoms with Gasteiger partial charge in [0.25, 0.3) is 0 Å². The Kier molecular flexibility index (Phi) is 12.2. The molecular weight excluding hydrogens is 572 g/mol. The number of nitrogens with one attached hydrogen (secondary N) is 1. The van der Waals surface area contributed by atoms with E-state index in [4.69, 9.17) is 18.9 Å². The molecule has 1 aliphatic heterocycles. The van der Waals surface area contributed by atoms with Gasteiger partial charge in [0.1, 0.15) is 0 Å². The number of hydrogen-bond acceptors (Lipinski definition) is 6. The lowest BCUT2D eigenvalue weighted by Gasteiger charge is -2.34. The molecule has 214 valence electrons. The molecule has 0 radical (unpaired) electrons. The van der Waals surface area contributed by atoms with E-state index in [1.54, 1.807) is 14.2 Å². The summed E-state index contributed by atoms with van der Waals surface area (Å²) in [4.78, 5) is 15.5. The Morgan fingerprint density at radius 2 is 1.43 bits per heavy atom. The molecule has 1 saturated heterocycles. The van der Waals surface area contributed by atoms with E-state index in [0.717, 1.165) is 16.5 Å². The zero-order valence-electron chi connectivity index (χ0n) is 23.2. The van der Waals surface area contributed by atoms with E-state index in [1.807, 2.05) is 48.5 Å². The Labute approximate surface area is 245 Å². The summed E-state index contributed by atoms with van der Waals surface area (Å²) in [5.74, 6) is -0.171. The van der Waals surface area contributed by atoms with Crippen molar-refractivity contribution in [2.75, 3.05) is 34.0 Å². The van der Waals surface area contributed by atoms with Crippen molar-refractivity contribution in [1.82, 2.24) is 10.2 Å². The van der Waals surface area contributed by atoms with E-state index in [1.165, 1.54) is 11.1 Å². The molecule has 4 atom stereocenters. The van der Waals surface area contributed by atoms with Crippen molar-refractivity contribution in [1.29, 1.82) is 0 Å². The summed E-state index contributed by atoms with van der Waals surface area (Å²) >= 11 is 3.54. The Morgan fingerprint density at radius 3 is 2.05 bits per heavy atom. The highest BCUT2D eigenvalue weighted by Crippen LogP contribution is 2.26. The maximum atomic E-state index is 13.1. The van der Waals surface area contributed by atoms with E-state index in [-0.39, 0.29) is 31.0 Å². The molecular formula is C32H39BrN2O5. The fraction of sp³-hybridized carbons (Fsp3) is 0.406. The number of benzene rings is 3. The second-order valence-electron chi connectivity index (χ2n) is 9.87. The average molecular weight is 612 g/mol. The van der Waals surface area contributed by atoms with Crippen LogP contribution in [0, 0.1) is 0 Å². The minimum Gasteiger partial charge on any atom is -0.356 e. The first-order valence-electron chi connectivity index (χ1n) is 13.7. The van der Waals surface area contributed by atoms with Gasteiger partial charge in [-0.05, 0) is 22.3 Å². The van der Waals surface area contributed by atoms with Crippen molar-refractivity contribution in [3.8, 4) is 0 Å². The highest BCUT2D eigenvalue weighted by atomic mass is 79.9. The number of carbonyl (C=O) groups is 1. The van der Waals surface area contributed by atoms with Crippen LogP contribution in [-0.4, -0.2) is 57.4 Å².